The summed E-state index contributed by atoms with van der Waals surface area (Å²) >= 11 is 2.91. The minimum atomic E-state index is -0.0863. The summed E-state index contributed by atoms with van der Waals surface area (Å²) in [5.74, 6) is 0.853. The number of carbonyl (C=O) groups excluding carboxylic acids is 1. The van der Waals surface area contributed by atoms with Gasteiger partial charge in [-0.25, -0.2) is 4.98 Å². The zero-order valence-electron chi connectivity index (χ0n) is 18.6. The van der Waals surface area contributed by atoms with Gasteiger partial charge >= 0.3 is 0 Å². The molecule has 3 aromatic rings. The summed E-state index contributed by atoms with van der Waals surface area (Å²) in [4.78, 5) is 33.1. The zero-order valence-corrected chi connectivity index (χ0v) is 20.2. The van der Waals surface area contributed by atoms with E-state index in [2.05, 4.69) is 5.32 Å². The fourth-order valence-corrected chi connectivity index (χ4v) is 6.57. The maximum absolute atomic E-state index is 13.7. The number of thioether (sulfide) groups is 1. The number of ether oxygens (including phenoxy) is 2. The third kappa shape index (κ3) is 4.67. The van der Waals surface area contributed by atoms with Crippen LogP contribution in [0.25, 0.3) is 15.9 Å². The van der Waals surface area contributed by atoms with Crippen LogP contribution in [0, 0.1) is 0 Å². The van der Waals surface area contributed by atoms with E-state index < -0.39 is 0 Å². The number of fused-ring (bicyclic) bond motifs is 3. The molecule has 1 fully saturated rings. The van der Waals surface area contributed by atoms with Crippen molar-refractivity contribution in [2.75, 3.05) is 25.5 Å². The first-order chi connectivity index (χ1) is 16.1. The van der Waals surface area contributed by atoms with Crippen LogP contribution in [0.4, 0.5) is 0 Å². The Kier molecular flexibility index (Phi) is 6.71. The van der Waals surface area contributed by atoms with Crippen molar-refractivity contribution in [2.45, 2.75) is 50.3 Å². The topological polar surface area (TPSA) is 82.4 Å². The van der Waals surface area contributed by atoms with Crippen molar-refractivity contribution < 1.29 is 14.3 Å². The highest BCUT2D eigenvalue weighted by Crippen LogP contribution is 2.36. The number of carbonyl (C=O) groups is 1. The second-order valence-electron chi connectivity index (χ2n) is 8.23. The fraction of sp³-hybridized carbons (Fsp3) is 0.458. The van der Waals surface area contributed by atoms with E-state index in [1.54, 1.807) is 15.9 Å². The van der Waals surface area contributed by atoms with Gasteiger partial charge in [0.2, 0.25) is 5.91 Å². The molecule has 2 aliphatic rings. The largest absolute Gasteiger partial charge is 0.494 e. The Morgan fingerprint density at radius 3 is 2.91 bits per heavy atom. The lowest BCUT2D eigenvalue weighted by atomic mass is 10.2. The van der Waals surface area contributed by atoms with Crippen molar-refractivity contribution in [1.29, 1.82) is 0 Å². The van der Waals surface area contributed by atoms with Crippen LogP contribution in [0.1, 0.15) is 36.6 Å². The summed E-state index contributed by atoms with van der Waals surface area (Å²) in [5.41, 5.74) is 1.81. The summed E-state index contributed by atoms with van der Waals surface area (Å²) in [6, 6.07) is 7.45. The number of nitrogens with zero attached hydrogens (tertiary/aromatic N) is 2. The summed E-state index contributed by atoms with van der Waals surface area (Å²) < 4.78 is 12.8. The van der Waals surface area contributed by atoms with Crippen LogP contribution in [0.3, 0.4) is 0 Å². The van der Waals surface area contributed by atoms with Crippen LogP contribution in [0.15, 0.2) is 34.2 Å². The molecule has 9 heteroatoms. The van der Waals surface area contributed by atoms with Gasteiger partial charge in [0.1, 0.15) is 10.6 Å². The number of aryl methyl sites for hydroxylation is 2. The fourth-order valence-electron chi connectivity index (χ4n) is 4.42. The highest BCUT2D eigenvalue weighted by atomic mass is 32.2. The molecule has 0 saturated carbocycles. The van der Waals surface area contributed by atoms with Crippen LogP contribution in [-0.4, -0.2) is 47.1 Å². The highest BCUT2D eigenvalue weighted by molar-refractivity contribution is 7.99. The quantitative estimate of drug-likeness (QED) is 0.387. The molecule has 3 heterocycles. The number of benzene rings is 1. The lowest BCUT2D eigenvalue weighted by Gasteiger charge is -2.14. The molecule has 1 aliphatic carbocycles. The molecule has 7 nitrogen and oxygen atoms in total. The molecule has 1 atom stereocenters. The van der Waals surface area contributed by atoms with E-state index in [-0.39, 0.29) is 23.3 Å². The molecule has 0 radical (unpaired) electrons. The Bertz CT molecular complexity index is 1210. The van der Waals surface area contributed by atoms with Gasteiger partial charge in [-0.2, -0.15) is 0 Å². The Morgan fingerprint density at radius 1 is 1.30 bits per heavy atom. The van der Waals surface area contributed by atoms with Gasteiger partial charge in [-0.15, -0.1) is 11.3 Å². The second-order valence-corrected chi connectivity index (χ2v) is 10.3. The molecule has 1 aliphatic heterocycles. The first kappa shape index (κ1) is 22.4. The van der Waals surface area contributed by atoms with E-state index in [4.69, 9.17) is 14.5 Å². The predicted octanol–water partition coefficient (Wildman–Crippen LogP) is 3.72. The molecule has 1 aromatic carbocycles. The van der Waals surface area contributed by atoms with Gasteiger partial charge in [-0.3, -0.25) is 14.2 Å². The Hall–Kier alpha value is -2.36. The molecule has 174 valence electrons. The number of aromatic nitrogens is 2. The molecule has 1 N–H and O–H groups in total. The van der Waals surface area contributed by atoms with E-state index in [0.717, 1.165) is 65.9 Å². The summed E-state index contributed by atoms with van der Waals surface area (Å²) in [7, 11) is 0. The standard InChI is InChI=1S/C24H27N3O4S2/c1-2-30-16-10-8-15(9-11-16)27-23(29)21-18-6-3-7-19(18)33-22(21)26-24(27)32-14-20(28)25-13-17-5-4-12-31-17/h8-11,17H,2-7,12-14H2,1H3,(H,25,28). The molecule has 1 saturated heterocycles. The van der Waals surface area contributed by atoms with E-state index in [1.807, 2.05) is 31.2 Å². The van der Waals surface area contributed by atoms with Gasteiger partial charge in [0.25, 0.3) is 5.56 Å². The van der Waals surface area contributed by atoms with Crippen molar-refractivity contribution in [3.63, 3.8) is 0 Å². The molecule has 0 spiro atoms. The van der Waals surface area contributed by atoms with Crippen molar-refractivity contribution in [3.05, 3.63) is 45.1 Å². The van der Waals surface area contributed by atoms with E-state index in [0.29, 0.717) is 18.3 Å². The van der Waals surface area contributed by atoms with E-state index in [9.17, 15) is 9.59 Å². The van der Waals surface area contributed by atoms with Gasteiger partial charge in [-0.05, 0) is 68.9 Å². The molecule has 2 aromatic heterocycles. The van der Waals surface area contributed by atoms with E-state index >= 15 is 0 Å². The Morgan fingerprint density at radius 2 is 2.15 bits per heavy atom. The molecule has 0 bridgehead atoms. The summed E-state index contributed by atoms with van der Waals surface area (Å²) in [5, 5.41) is 4.21. The number of hydrogen-bond acceptors (Lipinski definition) is 7. The molecule has 1 amide bonds. The Labute approximate surface area is 200 Å². The van der Waals surface area contributed by atoms with Crippen LogP contribution >= 0.6 is 23.1 Å². The minimum Gasteiger partial charge on any atom is -0.494 e. The monoisotopic (exact) mass is 485 g/mol. The number of rotatable bonds is 8. The molecular weight excluding hydrogens is 458 g/mol. The molecule has 33 heavy (non-hydrogen) atoms. The first-order valence-corrected chi connectivity index (χ1v) is 13.3. The first-order valence-electron chi connectivity index (χ1n) is 11.5. The Balaban J connectivity index is 1.45. The number of amides is 1. The second kappa shape index (κ2) is 9.87. The molecule has 1 unspecified atom stereocenters. The van der Waals surface area contributed by atoms with Crippen LogP contribution in [0.2, 0.25) is 0 Å². The molecule has 5 rings (SSSR count). The van der Waals surface area contributed by atoms with Crippen molar-refractivity contribution in [1.82, 2.24) is 14.9 Å². The third-order valence-corrected chi connectivity index (χ3v) is 8.12. The maximum Gasteiger partial charge on any atom is 0.267 e. The predicted molar refractivity (Wildman–Crippen MR) is 131 cm³/mol. The number of thiophene rings is 1. The van der Waals surface area contributed by atoms with Gasteiger partial charge in [0.05, 0.1) is 29.5 Å². The summed E-state index contributed by atoms with van der Waals surface area (Å²) in [6.45, 7) is 3.80. The van der Waals surface area contributed by atoms with Gasteiger partial charge in [0, 0.05) is 18.0 Å². The number of nitrogens with one attached hydrogen (secondary N) is 1. The smallest absolute Gasteiger partial charge is 0.267 e. The normalized spacial score (nSPS) is 17.4. The van der Waals surface area contributed by atoms with Crippen molar-refractivity contribution in [3.8, 4) is 11.4 Å². The van der Waals surface area contributed by atoms with E-state index in [1.165, 1.54) is 16.6 Å². The lowest BCUT2D eigenvalue weighted by molar-refractivity contribution is -0.119. The van der Waals surface area contributed by atoms with Gasteiger partial charge in [-0.1, -0.05) is 11.8 Å². The van der Waals surface area contributed by atoms with Crippen molar-refractivity contribution in [2.24, 2.45) is 0 Å². The SMILES string of the molecule is CCOc1ccc(-n2c(SCC(=O)NCC3CCCO3)nc3sc4c(c3c2=O)CCC4)cc1. The number of hydrogen-bond donors (Lipinski definition) is 1. The zero-order chi connectivity index (χ0) is 22.8. The highest BCUT2D eigenvalue weighted by Gasteiger charge is 2.24. The van der Waals surface area contributed by atoms with Crippen molar-refractivity contribution >= 4 is 39.2 Å². The van der Waals surface area contributed by atoms with Crippen LogP contribution < -0.4 is 15.6 Å². The van der Waals surface area contributed by atoms with Crippen LogP contribution in [-0.2, 0) is 22.4 Å². The molecular formula is C24H27N3O4S2. The van der Waals surface area contributed by atoms with Gasteiger partial charge < -0.3 is 14.8 Å². The third-order valence-electron chi connectivity index (χ3n) is 6.00. The lowest BCUT2D eigenvalue weighted by Crippen LogP contribution is -2.33. The maximum atomic E-state index is 13.7. The summed E-state index contributed by atoms with van der Waals surface area (Å²) in [6.07, 6.45) is 5.13. The van der Waals surface area contributed by atoms with Crippen LogP contribution in [0.5, 0.6) is 5.75 Å². The minimum absolute atomic E-state index is 0.0641. The average molecular weight is 486 g/mol. The van der Waals surface area contributed by atoms with Gasteiger partial charge in [0.15, 0.2) is 5.16 Å². The average Bonchev–Trinajstić information content (AvgIpc) is 3.55.